The van der Waals surface area contributed by atoms with E-state index in [2.05, 4.69) is 55.2 Å². The molecule has 0 aromatic carbocycles. The zero-order valence-corrected chi connectivity index (χ0v) is 11.5. The lowest BCUT2D eigenvalue weighted by Crippen LogP contribution is -2.44. The van der Waals surface area contributed by atoms with E-state index in [9.17, 15) is 0 Å². The topological polar surface area (TPSA) is 3.24 Å². The molecule has 0 atom stereocenters. The first-order valence-electron chi connectivity index (χ1n) is 5.17. The van der Waals surface area contributed by atoms with Crippen LogP contribution in [0.25, 0.3) is 0 Å². The molecule has 0 radical (unpaired) electrons. The van der Waals surface area contributed by atoms with Gasteiger partial charge < -0.3 is 0 Å². The lowest BCUT2D eigenvalue weighted by atomic mass is 9.63. The first-order valence-corrected chi connectivity index (χ1v) is 6.70. The summed E-state index contributed by atoms with van der Waals surface area (Å²) in [6.45, 7) is 12.2. The second kappa shape index (κ2) is 4.05. The smallest absolute Gasteiger partial charge is 0.0505 e. The first kappa shape index (κ1) is 11.8. The molecule has 1 rings (SSSR count). The van der Waals surface area contributed by atoms with Crippen LogP contribution in [0, 0.1) is 10.8 Å². The predicted octanol–water partition coefficient (Wildman–Crippen LogP) is 3.53. The van der Waals surface area contributed by atoms with Crippen LogP contribution in [-0.4, -0.2) is 22.5 Å². The second-order valence-corrected chi connectivity index (χ2v) is 6.23. The molecule has 0 aromatic heterocycles. The highest BCUT2D eigenvalue weighted by Gasteiger charge is 2.39. The fourth-order valence-corrected chi connectivity index (χ4v) is 2.60. The molecule has 0 spiro atoms. The average molecular weight is 295 g/mol. The Morgan fingerprint density at radius 1 is 1.23 bits per heavy atom. The van der Waals surface area contributed by atoms with Gasteiger partial charge in [0.2, 0.25) is 0 Å². The normalized spacial score (nSPS) is 24.7. The van der Waals surface area contributed by atoms with Crippen molar-refractivity contribution in [3.05, 3.63) is 0 Å². The third-order valence-corrected chi connectivity index (χ3v) is 4.90. The summed E-state index contributed by atoms with van der Waals surface area (Å²) < 4.78 is 1.19. The van der Waals surface area contributed by atoms with Crippen LogP contribution in [0.2, 0.25) is 0 Å². The van der Waals surface area contributed by atoms with Crippen molar-refractivity contribution < 1.29 is 0 Å². The number of likely N-dealkylation sites (tertiary alicyclic amines) is 1. The number of rotatable bonds is 1. The maximum atomic E-state index is 2.55. The molecular weight excluding hydrogens is 273 g/mol. The number of halogens is 1. The molecule has 1 aliphatic rings. The van der Waals surface area contributed by atoms with Gasteiger partial charge >= 0.3 is 0 Å². The van der Waals surface area contributed by atoms with E-state index in [4.69, 9.17) is 0 Å². The number of alkyl halides is 1. The zero-order chi connectivity index (χ0) is 10.1. The molecule has 0 aromatic rings. The number of hydrogen-bond donors (Lipinski definition) is 0. The lowest BCUT2D eigenvalue weighted by Gasteiger charge is -2.47. The minimum atomic E-state index is 0.463. The van der Waals surface area contributed by atoms with E-state index in [-0.39, 0.29) is 0 Å². The fourth-order valence-electron chi connectivity index (χ4n) is 1.92. The van der Waals surface area contributed by atoms with Crippen LogP contribution >= 0.6 is 22.6 Å². The van der Waals surface area contributed by atoms with Crippen LogP contribution in [0.1, 0.15) is 40.5 Å². The lowest BCUT2D eigenvalue weighted by molar-refractivity contribution is 0.0300. The number of piperidine rings is 1. The van der Waals surface area contributed by atoms with Crippen LogP contribution in [0.4, 0.5) is 0 Å². The molecule has 1 heterocycles. The highest BCUT2D eigenvalue weighted by molar-refractivity contribution is 14.1. The SMILES string of the molecule is CC(C)(C)C1(C)CCN(CI)CC1. The molecule has 78 valence electrons. The molecule has 13 heavy (non-hydrogen) atoms. The standard InChI is InChI=1S/C11H22IN/c1-10(2,3)11(4)5-7-13(9-12)8-6-11/h5-9H2,1-4H3. The van der Waals surface area contributed by atoms with E-state index in [1.165, 1.54) is 30.5 Å². The zero-order valence-electron chi connectivity index (χ0n) is 9.36. The third-order valence-electron chi connectivity index (χ3n) is 3.94. The van der Waals surface area contributed by atoms with Crippen LogP contribution in [0.15, 0.2) is 0 Å². The van der Waals surface area contributed by atoms with Gasteiger partial charge in [0.1, 0.15) is 0 Å². The van der Waals surface area contributed by atoms with Crippen molar-refractivity contribution in [2.75, 3.05) is 17.6 Å². The molecule has 1 saturated heterocycles. The minimum Gasteiger partial charge on any atom is -0.294 e. The van der Waals surface area contributed by atoms with E-state index >= 15 is 0 Å². The van der Waals surface area contributed by atoms with Crippen LogP contribution in [-0.2, 0) is 0 Å². The summed E-state index contributed by atoms with van der Waals surface area (Å²) in [6, 6.07) is 0. The molecule has 1 nitrogen and oxygen atoms in total. The Labute approximate surface area is 96.4 Å². The van der Waals surface area contributed by atoms with Crippen molar-refractivity contribution in [3.63, 3.8) is 0 Å². The molecule has 0 N–H and O–H groups in total. The largest absolute Gasteiger partial charge is 0.294 e. The Morgan fingerprint density at radius 3 is 2.00 bits per heavy atom. The van der Waals surface area contributed by atoms with Gasteiger partial charge in [-0.1, -0.05) is 50.3 Å². The molecule has 0 saturated carbocycles. The highest BCUT2D eigenvalue weighted by atomic mass is 127. The van der Waals surface area contributed by atoms with Gasteiger partial charge in [-0.05, 0) is 36.8 Å². The second-order valence-electron chi connectivity index (χ2n) is 5.55. The Kier molecular flexibility index (Phi) is 3.67. The molecular formula is C11H22IN. The average Bonchev–Trinajstić information content (AvgIpc) is 2.04. The molecule has 1 fully saturated rings. The number of hydrogen-bond acceptors (Lipinski definition) is 1. The van der Waals surface area contributed by atoms with E-state index < -0.39 is 0 Å². The van der Waals surface area contributed by atoms with Crippen molar-refractivity contribution in [3.8, 4) is 0 Å². The summed E-state index contributed by atoms with van der Waals surface area (Å²) in [5.74, 6) is 0. The Balaban J connectivity index is 2.57. The Morgan fingerprint density at radius 2 is 1.69 bits per heavy atom. The van der Waals surface area contributed by atoms with Crippen molar-refractivity contribution >= 4 is 22.6 Å². The van der Waals surface area contributed by atoms with Crippen LogP contribution in [0.5, 0.6) is 0 Å². The first-order chi connectivity index (χ1) is 5.89. The number of nitrogens with zero attached hydrogens (tertiary/aromatic N) is 1. The van der Waals surface area contributed by atoms with E-state index in [0.29, 0.717) is 10.8 Å². The maximum Gasteiger partial charge on any atom is 0.0505 e. The molecule has 0 unspecified atom stereocenters. The monoisotopic (exact) mass is 295 g/mol. The molecule has 0 bridgehead atoms. The van der Waals surface area contributed by atoms with Crippen molar-refractivity contribution in [2.24, 2.45) is 10.8 Å². The Hall–Kier alpha value is 0.690. The molecule has 1 aliphatic heterocycles. The molecule has 2 heteroatoms. The van der Waals surface area contributed by atoms with Crippen LogP contribution < -0.4 is 0 Å². The summed E-state index contributed by atoms with van der Waals surface area (Å²) >= 11 is 2.47. The fraction of sp³-hybridized carbons (Fsp3) is 1.00. The van der Waals surface area contributed by atoms with Gasteiger partial charge in [0.25, 0.3) is 0 Å². The minimum absolute atomic E-state index is 0.463. The summed E-state index contributed by atoms with van der Waals surface area (Å²) in [6.07, 6.45) is 2.72. The third kappa shape index (κ3) is 2.58. The van der Waals surface area contributed by atoms with Gasteiger partial charge in [-0.2, -0.15) is 0 Å². The van der Waals surface area contributed by atoms with Gasteiger partial charge in [-0.3, -0.25) is 4.90 Å². The van der Waals surface area contributed by atoms with Crippen molar-refractivity contribution in [2.45, 2.75) is 40.5 Å². The summed E-state index contributed by atoms with van der Waals surface area (Å²) in [4.78, 5) is 2.55. The maximum absolute atomic E-state index is 2.55. The van der Waals surface area contributed by atoms with Gasteiger partial charge in [0, 0.05) is 0 Å². The van der Waals surface area contributed by atoms with Crippen molar-refractivity contribution in [1.82, 2.24) is 4.90 Å². The molecule has 0 aliphatic carbocycles. The summed E-state index contributed by atoms with van der Waals surface area (Å²) in [7, 11) is 0. The van der Waals surface area contributed by atoms with E-state index in [1.807, 2.05) is 0 Å². The van der Waals surface area contributed by atoms with Crippen molar-refractivity contribution in [1.29, 1.82) is 0 Å². The summed E-state index contributed by atoms with van der Waals surface area (Å²) in [5, 5.41) is 0. The Bertz CT molecular complexity index is 163. The molecule has 0 amide bonds. The summed E-state index contributed by atoms with van der Waals surface area (Å²) in [5.41, 5.74) is 1.01. The van der Waals surface area contributed by atoms with Gasteiger partial charge in [-0.15, -0.1) is 0 Å². The van der Waals surface area contributed by atoms with Gasteiger partial charge in [-0.25, -0.2) is 0 Å². The van der Waals surface area contributed by atoms with Gasteiger partial charge in [0.15, 0.2) is 0 Å². The van der Waals surface area contributed by atoms with Crippen LogP contribution in [0.3, 0.4) is 0 Å². The predicted molar refractivity (Wildman–Crippen MR) is 67.3 cm³/mol. The highest BCUT2D eigenvalue weighted by Crippen LogP contribution is 2.46. The van der Waals surface area contributed by atoms with E-state index in [1.54, 1.807) is 0 Å². The van der Waals surface area contributed by atoms with Gasteiger partial charge in [0.05, 0.1) is 4.55 Å². The van der Waals surface area contributed by atoms with E-state index in [0.717, 1.165) is 0 Å². The quantitative estimate of drug-likeness (QED) is 0.406.